The highest BCUT2D eigenvalue weighted by molar-refractivity contribution is 5.74. The molecule has 0 amide bonds. The Kier molecular flexibility index (Phi) is 11.7. The van der Waals surface area contributed by atoms with Crippen LogP contribution in [0, 0.1) is 10.8 Å². The van der Waals surface area contributed by atoms with E-state index in [1.165, 1.54) is 13.8 Å². The van der Waals surface area contributed by atoms with Crippen LogP contribution in [0.25, 0.3) is 0 Å². The second-order valence-electron chi connectivity index (χ2n) is 4.36. The molecule has 0 fully saturated rings. The van der Waals surface area contributed by atoms with E-state index in [1.54, 1.807) is 0 Å². The highest BCUT2D eigenvalue weighted by Gasteiger charge is 2.31. The molecular formula is C11H24O8. The van der Waals surface area contributed by atoms with Gasteiger partial charge in [-0.25, -0.2) is 0 Å². The molecule has 0 aromatic rings. The van der Waals surface area contributed by atoms with Crippen molar-refractivity contribution in [1.82, 2.24) is 0 Å². The third kappa shape index (κ3) is 7.06. The van der Waals surface area contributed by atoms with Gasteiger partial charge in [-0.05, 0) is 13.8 Å². The quantitative estimate of drug-likeness (QED) is 0.354. The minimum Gasteiger partial charge on any atom is -0.481 e. The summed E-state index contributed by atoms with van der Waals surface area (Å²) in [6.45, 7) is 0.375. The van der Waals surface area contributed by atoms with E-state index in [2.05, 4.69) is 0 Å². The number of aliphatic hydroxyl groups excluding tert-OH is 4. The Morgan fingerprint density at radius 3 is 0.895 bits per heavy atom. The standard InChI is InChI=1S/2C5H10O4.CH4/c2*1-5(2-6,3-7)4(8)9;/h2*6-7H,2-3H2,1H3,(H,8,9);1H4. The van der Waals surface area contributed by atoms with Crippen LogP contribution in [0.3, 0.4) is 0 Å². The smallest absolute Gasteiger partial charge is 0.314 e. The van der Waals surface area contributed by atoms with Crippen molar-refractivity contribution >= 4 is 11.9 Å². The lowest BCUT2D eigenvalue weighted by Gasteiger charge is -2.17. The summed E-state index contributed by atoms with van der Waals surface area (Å²) < 4.78 is 0. The van der Waals surface area contributed by atoms with Gasteiger partial charge in [-0.15, -0.1) is 0 Å². The lowest BCUT2D eigenvalue weighted by Crippen LogP contribution is -2.35. The highest BCUT2D eigenvalue weighted by Crippen LogP contribution is 2.13. The second kappa shape index (κ2) is 9.68. The molecule has 0 saturated heterocycles. The van der Waals surface area contributed by atoms with Gasteiger partial charge in [-0.2, -0.15) is 0 Å². The number of hydrogen-bond acceptors (Lipinski definition) is 6. The van der Waals surface area contributed by atoms with Gasteiger partial charge in [0.2, 0.25) is 0 Å². The summed E-state index contributed by atoms with van der Waals surface area (Å²) in [7, 11) is 0. The van der Waals surface area contributed by atoms with Crippen molar-refractivity contribution in [2.24, 2.45) is 10.8 Å². The van der Waals surface area contributed by atoms with Gasteiger partial charge in [-0.1, -0.05) is 7.43 Å². The van der Waals surface area contributed by atoms with Crippen LogP contribution in [0.4, 0.5) is 0 Å². The zero-order valence-electron chi connectivity index (χ0n) is 10.3. The molecule has 0 aliphatic rings. The molecule has 0 spiro atoms. The number of aliphatic carboxylic acids is 2. The number of hydrogen-bond donors (Lipinski definition) is 6. The molecular weight excluding hydrogens is 260 g/mol. The van der Waals surface area contributed by atoms with Crippen LogP contribution in [0.2, 0.25) is 0 Å². The van der Waals surface area contributed by atoms with Gasteiger partial charge < -0.3 is 30.6 Å². The number of aliphatic hydroxyl groups is 4. The Morgan fingerprint density at radius 1 is 0.737 bits per heavy atom. The number of carboxylic acids is 2. The van der Waals surface area contributed by atoms with Gasteiger partial charge in [-0.3, -0.25) is 9.59 Å². The van der Waals surface area contributed by atoms with Crippen LogP contribution in [-0.4, -0.2) is 69.0 Å². The Balaban J connectivity index is -0.000000256. The summed E-state index contributed by atoms with van der Waals surface area (Å²) in [6.07, 6.45) is 0. The molecule has 19 heavy (non-hydrogen) atoms. The molecule has 0 aromatic heterocycles. The maximum atomic E-state index is 10.2. The van der Waals surface area contributed by atoms with Crippen molar-refractivity contribution in [3.63, 3.8) is 0 Å². The van der Waals surface area contributed by atoms with Gasteiger partial charge in [0.1, 0.15) is 10.8 Å². The van der Waals surface area contributed by atoms with Crippen molar-refractivity contribution in [3.05, 3.63) is 0 Å². The van der Waals surface area contributed by atoms with Gasteiger partial charge in [0, 0.05) is 0 Å². The average molecular weight is 284 g/mol. The molecule has 116 valence electrons. The van der Waals surface area contributed by atoms with Crippen molar-refractivity contribution < 1.29 is 40.2 Å². The normalized spacial score (nSPS) is 10.8. The van der Waals surface area contributed by atoms with Crippen molar-refractivity contribution in [1.29, 1.82) is 0 Å². The molecule has 0 aromatic carbocycles. The van der Waals surface area contributed by atoms with E-state index in [1.807, 2.05) is 0 Å². The minimum atomic E-state index is -1.39. The number of rotatable bonds is 6. The lowest BCUT2D eigenvalue weighted by molar-refractivity contribution is -0.154. The molecule has 0 saturated carbocycles. The van der Waals surface area contributed by atoms with Crippen LogP contribution >= 0.6 is 0 Å². The van der Waals surface area contributed by atoms with Crippen molar-refractivity contribution in [2.45, 2.75) is 21.3 Å². The first-order valence-electron chi connectivity index (χ1n) is 5.03. The molecule has 0 unspecified atom stereocenters. The molecule has 0 heterocycles. The molecule has 6 N–H and O–H groups in total. The Morgan fingerprint density at radius 2 is 0.895 bits per heavy atom. The summed E-state index contributed by atoms with van der Waals surface area (Å²) in [6, 6.07) is 0. The molecule has 0 radical (unpaired) electrons. The predicted octanol–water partition coefficient (Wildman–Crippen LogP) is -1.24. The minimum absolute atomic E-state index is 0. The van der Waals surface area contributed by atoms with E-state index in [9.17, 15) is 9.59 Å². The Hall–Kier alpha value is -1.22. The molecule has 8 heteroatoms. The van der Waals surface area contributed by atoms with E-state index in [0.29, 0.717) is 0 Å². The van der Waals surface area contributed by atoms with E-state index >= 15 is 0 Å². The summed E-state index contributed by atoms with van der Waals surface area (Å²) in [5.41, 5.74) is -2.78. The SMILES string of the molecule is C.CC(CO)(CO)C(=O)O.CC(CO)(CO)C(=O)O. The number of carbonyl (C=O) groups is 2. The molecule has 0 aliphatic carbocycles. The van der Waals surface area contributed by atoms with Crippen LogP contribution in [0.1, 0.15) is 21.3 Å². The third-order valence-electron chi connectivity index (χ3n) is 2.43. The largest absolute Gasteiger partial charge is 0.481 e. The van der Waals surface area contributed by atoms with Crippen molar-refractivity contribution in [3.8, 4) is 0 Å². The monoisotopic (exact) mass is 284 g/mol. The lowest BCUT2D eigenvalue weighted by atomic mass is 9.94. The first kappa shape index (κ1) is 22.9. The van der Waals surface area contributed by atoms with E-state index in [-0.39, 0.29) is 7.43 Å². The molecule has 0 bridgehead atoms. The van der Waals surface area contributed by atoms with Crippen molar-refractivity contribution in [2.75, 3.05) is 26.4 Å². The third-order valence-corrected chi connectivity index (χ3v) is 2.43. The van der Waals surface area contributed by atoms with Crippen LogP contribution in [0.5, 0.6) is 0 Å². The maximum absolute atomic E-state index is 10.2. The first-order valence-corrected chi connectivity index (χ1v) is 5.03. The molecule has 0 atom stereocenters. The van der Waals surface area contributed by atoms with E-state index < -0.39 is 49.2 Å². The molecule has 0 rings (SSSR count). The second-order valence-corrected chi connectivity index (χ2v) is 4.36. The summed E-state index contributed by atoms with van der Waals surface area (Å²) in [4.78, 5) is 20.3. The Labute approximate surface area is 111 Å². The summed E-state index contributed by atoms with van der Waals surface area (Å²) in [5, 5.41) is 50.3. The maximum Gasteiger partial charge on any atom is 0.314 e. The molecule has 8 nitrogen and oxygen atoms in total. The average Bonchev–Trinajstić information content (AvgIpc) is 2.36. The fourth-order valence-corrected chi connectivity index (χ4v) is 0.371. The zero-order chi connectivity index (χ0) is 15.0. The van der Waals surface area contributed by atoms with Crippen LogP contribution < -0.4 is 0 Å². The van der Waals surface area contributed by atoms with Gasteiger partial charge >= 0.3 is 11.9 Å². The van der Waals surface area contributed by atoms with Gasteiger partial charge in [0.05, 0.1) is 26.4 Å². The predicted molar refractivity (Wildman–Crippen MR) is 66.6 cm³/mol. The number of carboxylic acid groups (broad SMARTS) is 2. The topological polar surface area (TPSA) is 156 Å². The summed E-state index contributed by atoms with van der Waals surface area (Å²) in [5.74, 6) is -2.37. The van der Waals surface area contributed by atoms with E-state index in [0.717, 1.165) is 0 Å². The first-order chi connectivity index (χ1) is 8.13. The Bertz CT molecular complexity index is 240. The molecule has 0 aliphatic heterocycles. The van der Waals surface area contributed by atoms with Crippen LogP contribution in [0.15, 0.2) is 0 Å². The fourth-order valence-electron chi connectivity index (χ4n) is 0.371. The van der Waals surface area contributed by atoms with Crippen LogP contribution in [-0.2, 0) is 9.59 Å². The van der Waals surface area contributed by atoms with Gasteiger partial charge in [0.15, 0.2) is 0 Å². The van der Waals surface area contributed by atoms with E-state index in [4.69, 9.17) is 30.6 Å². The summed E-state index contributed by atoms with van der Waals surface area (Å²) >= 11 is 0. The van der Waals surface area contributed by atoms with Gasteiger partial charge in [0.25, 0.3) is 0 Å². The fraction of sp³-hybridized carbons (Fsp3) is 0.818. The highest BCUT2D eigenvalue weighted by atomic mass is 16.4. The zero-order valence-corrected chi connectivity index (χ0v) is 10.3.